The van der Waals surface area contributed by atoms with Gasteiger partial charge < -0.3 is 19.9 Å². The van der Waals surface area contributed by atoms with Crippen molar-refractivity contribution in [2.45, 2.75) is 12.0 Å². The van der Waals surface area contributed by atoms with Crippen LogP contribution in [0.25, 0.3) is 16.7 Å². The molecule has 5 heterocycles. The quantitative estimate of drug-likeness (QED) is 0.622. The summed E-state index contributed by atoms with van der Waals surface area (Å²) in [6.45, 7) is 1.40. The predicted molar refractivity (Wildman–Crippen MR) is 116 cm³/mol. The lowest BCUT2D eigenvalue weighted by Gasteiger charge is -2.33. The Hall–Kier alpha value is -3.78. The van der Waals surface area contributed by atoms with E-state index >= 15 is 0 Å². The highest BCUT2D eigenvalue weighted by Gasteiger charge is 2.48. The average molecular weight is 430 g/mol. The molecule has 0 aliphatic carbocycles. The molecule has 3 aromatic rings. The van der Waals surface area contributed by atoms with Gasteiger partial charge in [-0.15, -0.1) is 0 Å². The summed E-state index contributed by atoms with van der Waals surface area (Å²) >= 11 is 0. The number of aromatic nitrogens is 2. The summed E-state index contributed by atoms with van der Waals surface area (Å²) < 4.78 is 31.6. The van der Waals surface area contributed by atoms with Gasteiger partial charge in [-0.05, 0) is 54.0 Å². The third-order valence-corrected chi connectivity index (χ3v) is 5.99. The maximum absolute atomic E-state index is 14.4. The largest absolute Gasteiger partial charge is 0.462 e. The summed E-state index contributed by atoms with van der Waals surface area (Å²) in [6, 6.07) is 12.8. The fourth-order valence-corrected chi connectivity index (χ4v) is 4.41. The fourth-order valence-electron chi connectivity index (χ4n) is 4.41. The van der Waals surface area contributed by atoms with Crippen molar-refractivity contribution in [3.63, 3.8) is 0 Å². The Bertz CT molecular complexity index is 1310. The van der Waals surface area contributed by atoms with E-state index in [0.717, 1.165) is 23.3 Å². The second-order valence-electron chi connectivity index (χ2n) is 7.85. The molecule has 0 saturated carbocycles. The van der Waals surface area contributed by atoms with E-state index in [9.17, 15) is 4.39 Å². The standard InChI is InChI=1S/C24H19FN4O3/c25-22-16(2-1-9-27-22)15-3-5-19-17(12-15)24(13-31-23(26)29-24)21-20(32-19)6-4-18(28-21)14-7-10-30-11-8-14/h1-7,9,12H,8,10-11,13H2,(H2,26,29)/t24-/m0/s1. The molecule has 0 saturated heterocycles. The van der Waals surface area contributed by atoms with Crippen molar-refractivity contribution in [3.8, 4) is 22.6 Å². The monoisotopic (exact) mass is 430 g/mol. The molecule has 2 N–H and O–H groups in total. The topological polar surface area (TPSA) is 91.9 Å². The molecule has 0 radical (unpaired) electrons. The van der Waals surface area contributed by atoms with Crippen LogP contribution in [-0.2, 0) is 15.0 Å². The van der Waals surface area contributed by atoms with E-state index in [1.54, 1.807) is 24.3 Å². The summed E-state index contributed by atoms with van der Waals surface area (Å²) in [6.07, 6.45) is 4.24. The van der Waals surface area contributed by atoms with Crippen LogP contribution in [0, 0.1) is 5.95 Å². The number of hydrogen-bond acceptors (Lipinski definition) is 7. The predicted octanol–water partition coefficient (Wildman–Crippen LogP) is 3.78. The molecule has 7 nitrogen and oxygen atoms in total. The molecule has 0 bridgehead atoms. The molecule has 0 unspecified atom stereocenters. The van der Waals surface area contributed by atoms with Crippen LogP contribution in [0.15, 0.2) is 59.7 Å². The molecule has 0 fully saturated rings. The van der Waals surface area contributed by atoms with E-state index in [4.69, 9.17) is 24.9 Å². The van der Waals surface area contributed by atoms with E-state index in [2.05, 4.69) is 9.98 Å². The van der Waals surface area contributed by atoms with Crippen molar-refractivity contribution in [2.75, 3.05) is 19.8 Å². The lowest BCUT2D eigenvalue weighted by molar-refractivity contribution is 0.161. The lowest BCUT2D eigenvalue weighted by atomic mass is 9.83. The first-order chi connectivity index (χ1) is 15.6. The Balaban J connectivity index is 1.54. The van der Waals surface area contributed by atoms with Gasteiger partial charge in [0.05, 0.1) is 18.9 Å². The van der Waals surface area contributed by atoms with Gasteiger partial charge in [-0.1, -0.05) is 12.1 Å². The maximum atomic E-state index is 14.4. The van der Waals surface area contributed by atoms with Crippen LogP contribution in [0.5, 0.6) is 11.5 Å². The van der Waals surface area contributed by atoms with E-state index < -0.39 is 11.5 Å². The van der Waals surface area contributed by atoms with Crippen molar-refractivity contribution in [3.05, 3.63) is 77.6 Å². The van der Waals surface area contributed by atoms with Crippen molar-refractivity contribution >= 4 is 11.6 Å². The third-order valence-electron chi connectivity index (χ3n) is 5.99. The highest BCUT2D eigenvalue weighted by atomic mass is 19.1. The Kier molecular flexibility index (Phi) is 4.22. The zero-order valence-electron chi connectivity index (χ0n) is 17.0. The number of pyridine rings is 2. The zero-order chi connectivity index (χ0) is 21.7. The average Bonchev–Trinajstić information content (AvgIpc) is 3.22. The minimum atomic E-state index is -0.983. The number of halogens is 1. The van der Waals surface area contributed by atoms with Gasteiger partial charge in [-0.25, -0.2) is 15.0 Å². The normalized spacial score (nSPS) is 21.2. The Morgan fingerprint density at radius 3 is 2.78 bits per heavy atom. The molecular weight excluding hydrogens is 411 g/mol. The second kappa shape index (κ2) is 7.13. The second-order valence-corrected chi connectivity index (χ2v) is 7.85. The minimum absolute atomic E-state index is 0.0826. The van der Waals surface area contributed by atoms with Crippen LogP contribution in [0.4, 0.5) is 4.39 Å². The van der Waals surface area contributed by atoms with E-state index in [1.165, 1.54) is 6.20 Å². The molecule has 2 aromatic heterocycles. The van der Waals surface area contributed by atoms with Crippen LogP contribution in [-0.4, -0.2) is 35.8 Å². The number of amidine groups is 1. The van der Waals surface area contributed by atoms with Crippen LogP contribution in [0.3, 0.4) is 0 Å². The van der Waals surface area contributed by atoms with Gasteiger partial charge in [0.15, 0.2) is 11.3 Å². The molecule has 1 atom stereocenters. The van der Waals surface area contributed by atoms with Crippen LogP contribution in [0.1, 0.15) is 23.4 Å². The molecule has 6 rings (SSSR count). The molecule has 3 aliphatic rings. The Labute approximate surface area is 183 Å². The van der Waals surface area contributed by atoms with Gasteiger partial charge in [-0.3, -0.25) is 0 Å². The number of hydrogen-bond donors (Lipinski definition) is 1. The van der Waals surface area contributed by atoms with E-state index in [1.807, 2.05) is 24.3 Å². The molecule has 3 aliphatic heterocycles. The van der Waals surface area contributed by atoms with E-state index in [0.29, 0.717) is 41.5 Å². The molecule has 1 spiro atoms. The number of fused-ring (bicyclic) bond motifs is 4. The number of benzene rings is 1. The third kappa shape index (κ3) is 2.87. The molecule has 1 aromatic carbocycles. The van der Waals surface area contributed by atoms with Gasteiger partial charge in [0.2, 0.25) is 5.95 Å². The van der Waals surface area contributed by atoms with Crippen molar-refractivity contribution in [1.29, 1.82) is 0 Å². The van der Waals surface area contributed by atoms with Gasteiger partial charge in [0, 0.05) is 17.3 Å². The van der Waals surface area contributed by atoms with Gasteiger partial charge in [-0.2, -0.15) is 4.39 Å². The number of nitrogens with two attached hydrogens (primary N) is 1. The molecular formula is C24H19FN4O3. The Morgan fingerprint density at radius 1 is 1.09 bits per heavy atom. The van der Waals surface area contributed by atoms with Crippen molar-refractivity contribution < 1.29 is 18.6 Å². The highest BCUT2D eigenvalue weighted by Crippen LogP contribution is 2.51. The van der Waals surface area contributed by atoms with E-state index in [-0.39, 0.29) is 12.6 Å². The molecule has 160 valence electrons. The number of ether oxygens (including phenoxy) is 3. The first-order valence-corrected chi connectivity index (χ1v) is 10.3. The summed E-state index contributed by atoms with van der Waals surface area (Å²) in [5, 5.41) is 0. The number of nitrogens with zero attached hydrogens (tertiary/aromatic N) is 3. The maximum Gasteiger partial charge on any atom is 0.283 e. The first-order valence-electron chi connectivity index (χ1n) is 10.3. The number of aliphatic imine (C=N–C) groups is 1. The smallest absolute Gasteiger partial charge is 0.283 e. The number of rotatable bonds is 2. The summed E-state index contributed by atoms with van der Waals surface area (Å²) in [7, 11) is 0. The van der Waals surface area contributed by atoms with Gasteiger partial charge in [0.1, 0.15) is 18.1 Å². The SMILES string of the molecule is NC1=N[C@@]2(CO1)c1cc(-c3cccnc3F)ccc1Oc1ccc(C3=CCOCC3)nc12. The van der Waals surface area contributed by atoms with Crippen molar-refractivity contribution in [2.24, 2.45) is 10.7 Å². The summed E-state index contributed by atoms with van der Waals surface area (Å²) in [5.41, 5.74) is 9.33. The summed E-state index contributed by atoms with van der Waals surface area (Å²) in [5.74, 6) is 0.653. The summed E-state index contributed by atoms with van der Waals surface area (Å²) in [4.78, 5) is 13.4. The molecule has 8 heteroatoms. The lowest BCUT2D eigenvalue weighted by Crippen LogP contribution is -2.32. The molecule has 32 heavy (non-hydrogen) atoms. The molecule has 0 amide bonds. The van der Waals surface area contributed by atoms with Gasteiger partial charge >= 0.3 is 0 Å². The van der Waals surface area contributed by atoms with Crippen LogP contribution >= 0.6 is 0 Å². The first kappa shape index (κ1) is 18.9. The Morgan fingerprint density at radius 2 is 2.00 bits per heavy atom. The minimum Gasteiger partial charge on any atom is -0.462 e. The van der Waals surface area contributed by atoms with Crippen molar-refractivity contribution in [1.82, 2.24) is 9.97 Å². The van der Waals surface area contributed by atoms with Crippen LogP contribution in [0.2, 0.25) is 0 Å². The zero-order valence-corrected chi connectivity index (χ0v) is 17.0. The highest BCUT2D eigenvalue weighted by molar-refractivity contribution is 5.78. The fraction of sp³-hybridized carbons (Fsp3) is 0.208. The van der Waals surface area contributed by atoms with Crippen LogP contribution < -0.4 is 10.5 Å². The van der Waals surface area contributed by atoms with Gasteiger partial charge in [0.25, 0.3) is 6.02 Å².